The molecule has 3 heterocycles. The first-order chi connectivity index (χ1) is 14.5. The highest BCUT2D eigenvalue weighted by atomic mass is 19.4. The molecule has 2 atom stereocenters. The normalized spacial score (nSPS) is 26.2. The zero-order valence-electron chi connectivity index (χ0n) is 17.7. The molecule has 0 radical (unpaired) electrons. The molecule has 3 aliphatic rings. The van der Waals surface area contributed by atoms with Crippen molar-refractivity contribution in [3.63, 3.8) is 0 Å². The summed E-state index contributed by atoms with van der Waals surface area (Å²) >= 11 is 0. The van der Waals surface area contributed by atoms with E-state index in [0.717, 1.165) is 57.4 Å². The summed E-state index contributed by atoms with van der Waals surface area (Å²) in [4.78, 5) is 25.9. The van der Waals surface area contributed by atoms with Crippen LogP contribution in [0.1, 0.15) is 35.5 Å². The molecule has 3 fully saturated rings. The van der Waals surface area contributed by atoms with E-state index < -0.39 is 12.1 Å². The van der Waals surface area contributed by atoms with E-state index >= 15 is 0 Å². The molecule has 2 saturated heterocycles. The Morgan fingerprint density at radius 3 is 2.55 bits per heavy atom. The molecule has 8 nitrogen and oxygen atoms in total. The van der Waals surface area contributed by atoms with Crippen molar-refractivity contribution in [2.75, 3.05) is 46.4 Å². The van der Waals surface area contributed by atoms with Crippen LogP contribution in [0.25, 0.3) is 0 Å². The molecule has 31 heavy (non-hydrogen) atoms. The first-order valence-electron chi connectivity index (χ1n) is 10.3. The van der Waals surface area contributed by atoms with Crippen LogP contribution in [0.2, 0.25) is 0 Å². The predicted octanol–water partition coefficient (Wildman–Crippen LogP) is 2.44. The van der Waals surface area contributed by atoms with Gasteiger partial charge in [-0.05, 0) is 39.2 Å². The van der Waals surface area contributed by atoms with E-state index in [9.17, 15) is 18.0 Å². The molecule has 1 spiro atoms. The molecule has 1 saturated carbocycles. The Morgan fingerprint density at radius 2 is 2.00 bits per heavy atom. The molecule has 1 aromatic heterocycles. The zero-order valence-corrected chi connectivity index (χ0v) is 17.7. The lowest BCUT2D eigenvalue weighted by Gasteiger charge is -2.30. The van der Waals surface area contributed by atoms with Crippen molar-refractivity contribution in [2.24, 2.45) is 17.3 Å². The van der Waals surface area contributed by atoms with Gasteiger partial charge in [-0.15, -0.1) is 0 Å². The summed E-state index contributed by atoms with van der Waals surface area (Å²) < 4.78 is 42.9. The molecule has 4 rings (SSSR count). The number of aromatic nitrogens is 1. The van der Waals surface area contributed by atoms with Gasteiger partial charge in [-0.1, -0.05) is 5.16 Å². The average Bonchev–Trinajstić information content (AvgIpc) is 3.10. The second-order valence-corrected chi connectivity index (χ2v) is 8.85. The van der Waals surface area contributed by atoms with Gasteiger partial charge in [-0.3, -0.25) is 4.79 Å². The number of likely N-dealkylation sites (tertiary alicyclic amines) is 2. The average molecular weight is 447 g/mol. The van der Waals surface area contributed by atoms with Gasteiger partial charge in [0.2, 0.25) is 5.76 Å². The van der Waals surface area contributed by atoms with E-state index in [4.69, 9.17) is 19.2 Å². The van der Waals surface area contributed by atoms with Crippen LogP contribution in [0.15, 0.2) is 10.6 Å². The molecule has 11 heteroatoms. The summed E-state index contributed by atoms with van der Waals surface area (Å²) in [6, 6.07) is 1.73. The molecular formula is C20H28F3N3O5. The van der Waals surface area contributed by atoms with E-state index in [1.54, 1.807) is 6.07 Å². The van der Waals surface area contributed by atoms with Crippen molar-refractivity contribution < 1.29 is 37.1 Å². The molecule has 1 aromatic rings. The number of halogens is 3. The number of hydrogen-bond donors (Lipinski definition) is 1. The lowest BCUT2D eigenvalue weighted by molar-refractivity contribution is -0.192. The number of amides is 1. The third kappa shape index (κ3) is 5.97. The fourth-order valence-corrected chi connectivity index (χ4v) is 4.34. The van der Waals surface area contributed by atoms with Crippen molar-refractivity contribution >= 4 is 11.9 Å². The molecule has 1 aliphatic carbocycles. The van der Waals surface area contributed by atoms with Gasteiger partial charge in [0.1, 0.15) is 0 Å². The zero-order chi connectivity index (χ0) is 22.8. The van der Waals surface area contributed by atoms with Gasteiger partial charge in [-0.25, -0.2) is 4.79 Å². The van der Waals surface area contributed by atoms with E-state index in [1.165, 1.54) is 12.8 Å². The Morgan fingerprint density at radius 1 is 1.32 bits per heavy atom. The summed E-state index contributed by atoms with van der Waals surface area (Å²) in [7, 11) is 2.17. The van der Waals surface area contributed by atoms with Gasteiger partial charge in [0.25, 0.3) is 5.91 Å². The first kappa shape index (κ1) is 23.5. The van der Waals surface area contributed by atoms with Crippen LogP contribution in [0.4, 0.5) is 13.2 Å². The largest absolute Gasteiger partial charge is 0.490 e. The van der Waals surface area contributed by atoms with Crippen LogP contribution in [0.3, 0.4) is 0 Å². The molecular weight excluding hydrogens is 419 g/mol. The van der Waals surface area contributed by atoms with Crippen molar-refractivity contribution in [2.45, 2.75) is 32.4 Å². The number of nitrogens with zero attached hydrogens (tertiary/aromatic N) is 3. The molecule has 0 bridgehead atoms. The smallest absolute Gasteiger partial charge is 0.475 e. The van der Waals surface area contributed by atoms with Gasteiger partial charge in [-0.2, -0.15) is 13.2 Å². The lowest BCUT2D eigenvalue weighted by Crippen LogP contribution is -2.38. The van der Waals surface area contributed by atoms with Crippen molar-refractivity contribution in [1.82, 2.24) is 15.0 Å². The topological polar surface area (TPSA) is 96.1 Å². The molecule has 2 aliphatic heterocycles. The van der Waals surface area contributed by atoms with Crippen molar-refractivity contribution in [3.05, 3.63) is 17.5 Å². The standard InChI is InChI=1S/C18H27N3O3.C2HF3O2/c1-13-7-16(24-19-13)17(22)21-6-5-18(12-21)11-20(2)8-15(18)10-23-9-14-3-4-14;3-2(4,5)1(6)7/h7,14-15H,3-6,8-12H2,1-2H3;(H,6,7)/t15-,18+;/m0./s1. The number of alkyl halides is 3. The number of ether oxygens (including phenoxy) is 1. The molecule has 0 unspecified atom stereocenters. The molecule has 1 N–H and O–H groups in total. The van der Waals surface area contributed by atoms with E-state index in [2.05, 4.69) is 17.1 Å². The van der Waals surface area contributed by atoms with Crippen LogP contribution in [-0.4, -0.2) is 84.6 Å². The Labute approximate surface area is 178 Å². The van der Waals surface area contributed by atoms with Crippen LogP contribution >= 0.6 is 0 Å². The lowest BCUT2D eigenvalue weighted by atomic mass is 9.77. The fourth-order valence-electron chi connectivity index (χ4n) is 4.34. The first-order valence-corrected chi connectivity index (χ1v) is 10.3. The van der Waals surface area contributed by atoms with E-state index in [1.807, 2.05) is 11.8 Å². The Kier molecular flexibility index (Phi) is 6.95. The third-order valence-electron chi connectivity index (χ3n) is 6.11. The van der Waals surface area contributed by atoms with Gasteiger partial charge in [0, 0.05) is 50.2 Å². The third-order valence-corrected chi connectivity index (χ3v) is 6.11. The Bertz CT molecular complexity index is 795. The number of carbonyl (C=O) groups excluding carboxylic acids is 1. The minimum Gasteiger partial charge on any atom is -0.475 e. The van der Waals surface area contributed by atoms with Crippen LogP contribution < -0.4 is 0 Å². The van der Waals surface area contributed by atoms with Gasteiger partial charge in [0.05, 0.1) is 12.3 Å². The van der Waals surface area contributed by atoms with Crippen LogP contribution in [0.5, 0.6) is 0 Å². The number of carboxylic acid groups (broad SMARTS) is 1. The second kappa shape index (κ2) is 9.15. The highest BCUT2D eigenvalue weighted by Gasteiger charge is 2.50. The van der Waals surface area contributed by atoms with Crippen molar-refractivity contribution in [3.8, 4) is 0 Å². The van der Waals surface area contributed by atoms with Gasteiger partial charge >= 0.3 is 12.1 Å². The summed E-state index contributed by atoms with van der Waals surface area (Å²) in [5, 5.41) is 11.0. The number of aryl methyl sites for hydroxylation is 1. The highest BCUT2D eigenvalue weighted by Crippen LogP contribution is 2.44. The number of aliphatic carboxylic acids is 1. The number of carboxylic acids is 1. The summed E-state index contributed by atoms with van der Waals surface area (Å²) in [5.74, 6) is -1.11. The molecule has 0 aromatic carbocycles. The van der Waals surface area contributed by atoms with E-state index in [0.29, 0.717) is 11.7 Å². The molecule has 1 amide bonds. The van der Waals surface area contributed by atoms with Crippen molar-refractivity contribution in [1.29, 1.82) is 0 Å². The predicted molar refractivity (Wildman–Crippen MR) is 102 cm³/mol. The summed E-state index contributed by atoms with van der Waals surface area (Å²) in [6.07, 6.45) is -1.38. The summed E-state index contributed by atoms with van der Waals surface area (Å²) in [5.41, 5.74) is 0.919. The van der Waals surface area contributed by atoms with Gasteiger partial charge < -0.3 is 24.2 Å². The SMILES string of the molecule is Cc1cc(C(=O)N2CC[C@@]3(CN(C)C[C@H]3COCC3CC3)C2)on1.O=C(O)C(F)(F)F. The highest BCUT2D eigenvalue weighted by molar-refractivity contribution is 5.91. The molecule has 174 valence electrons. The Balaban J connectivity index is 0.000000339. The fraction of sp³-hybridized carbons (Fsp3) is 0.750. The van der Waals surface area contributed by atoms with Crippen LogP contribution in [0, 0.1) is 24.2 Å². The second-order valence-electron chi connectivity index (χ2n) is 8.85. The van der Waals surface area contributed by atoms with Crippen LogP contribution in [-0.2, 0) is 9.53 Å². The van der Waals surface area contributed by atoms with E-state index in [-0.39, 0.29) is 11.3 Å². The monoisotopic (exact) mass is 447 g/mol. The minimum atomic E-state index is -5.08. The number of hydrogen-bond acceptors (Lipinski definition) is 6. The summed E-state index contributed by atoms with van der Waals surface area (Å²) in [6.45, 7) is 7.28. The minimum absolute atomic E-state index is 0.0281. The van der Waals surface area contributed by atoms with Gasteiger partial charge in [0.15, 0.2) is 0 Å². The quantitative estimate of drug-likeness (QED) is 0.741. The maximum absolute atomic E-state index is 12.6. The maximum Gasteiger partial charge on any atom is 0.490 e. The number of rotatable bonds is 5. The Hall–Kier alpha value is -2.14. The maximum atomic E-state index is 12.6. The number of carbonyl (C=O) groups is 2.